The summed E-state index contributed by atoms with van der Waals surface area (Å²) in [7, 11) is 0. The molecule has 1 aromatic rings. The number of halogens is 3. The highest BCUT2D eigenvalue weighted by atomic mass is 19.4. The third kappa shape index (κ3) is 3.70. The van der Waals surface area contributed by atoms with Crippen LogP contribution < -0.4 is 5.32 Å². The maximum atomic E-state index is 12.7. The lowest BCUT2D eigenvalue weighted by atomic mass is 9.95. The molecule has 0 fully saturated rings. The molecule has 1 unspecified atom stereocenters. The first kappa shape index (κ1) is 14.3. The van der Waals surface area contributed by atoms with E-state index >= 15 is 0 Å². The Balaban J connectivity index is 2.23. The van der Waals surface area contributed by atoms with Crippen molar-refractivity contribution in [2.75, 3.05) is 19.6 Å². The van der Waals surface area contributed by atoms with E-state index in [2.05, 4.69) is 5.32 Å². The first-order valence-corrected chi connectivity index (χ1v) is 6.60. The molecule has 106 valence electrons. The second-order valence-electron chi connectivity index (χ2n) is 4.93. The van der Waals surface area contributed by atoms with E-state index in [-0.39, 0.29) is 6.04 Å². The largest absolute Gasteiger partial charge is 0.401 e. The maximum Gasteiger partial charge on any atom is 0.401 e. The summed E-state index contributed by atoms with van der Waals surface area (Å²) < 4.78 is 38.1. The SMILES string of the molecule is CCCN(CC(F)(F)F)C1CNCc2ccccc21. The highest BCUT2D eigenvalue weighted by Gasteiger charge is 2.35. The highest BCUT2D eigenvalue weighted by molar-refractivity contribution is 5.32. The quantitative estimate of drug-likeness (QED) is 0.906. The number of hydrogen-bond acceptors (Lipinski definition) is 2. The van der Waals surface area contributed by atoms with E-state index in [1.54, 1.807) is 0 Å². The van der Waals surface area contributed by atoms with Gasteiger partial charge in [0.25, 0.3) is 0 Å². The molecule has 1 aliphatic rings. The molecule has 1 aromatic carbocycles. The number of hydrogen-bond donors (Lipinski definition) is 1. The monoisotopic (exact) mass is 272 g/mol. The van der Waals surface area contributed by atoms with Crippen molar-refractivity contribution in [1.29, 1.82) is 0 Å². The van der Waals surface area contributed by atoms with E-state index in [9.17, 15) is 13.2 Å². The Morgan fingerprint density at radius 3 is 2.74 bits per heavy atom. The van der Waals surface area contributed by atoms with Gasteiger partial charge in [-0.05, 0) is 24.1 Å². The average Bonchev–Trinajstić information content (AvgIpc) is 2.36. The van der Waals surface area contributed by atoms with Crippen LogP contribution in [0.2, 0.25) is 0 Å². The normalized spacial score (nSPS) is 19.5. The standard InChI is InChI=1S/C14H19F3N2/c1-2-7-19(10-14(15,16)17)13-9-18-8-11-5-3-4-6-12(11)13/h3-6,13,18H,2,7-10H2,1H3. The lowest BCUT2D eigenvalue weighted by molar-refractivity contribution is -0.151. The van der Waals surface area contributed by atoms with Crippen molar-refractivity contribution in [3.8, 4) is 0 Å². The molecule has 2 nitrogen and oxygen atoms in total. The summed E-state index contributed by atoms with van der Waals surface area (Å²) >= 11 is 0. The fraction of sp³-hybridized carbons (Fsp3) is 0.571. The van der Waals surface area contributed by atoms with Crippen LogP contribution in [-0.2, 0) is 6.54 Å². The fourth-order valence-corrected chi connectivity index (χ4v) is 2.66. The lowest BCUT2D eigenvalue weighted by Crippen LogP contribution is -2.44. The Hall–Kier alpha value is -1.07. The molecule has 19 heavy (non-hydrogen) atoms. The molecule has 0 radical (unpaired) electrons. The number of rotatable bonds is 4. The number of nitrogens with one attached hydrogen (secondary N) is 1. The van der Waals surface area contributed by atoms with Crippen LogP contribution in [0.3, 0.4) is 0 Å². The minimum absolute atomic E-state index is 0.188. The van der Waals surface area contributed by atoms with Crippen molar-refractivity contribution < 1.29 is 13.2 Å². The van der Waals surface area contributed by atoms with Crippen LogP contribution in [0, 0.1) is 0 Å². The van der Waals surface area contributed by atoms with Crippen molar-refractivity contribution in [1.82, 2.24) is 10.2 Å². The first-order chi connectivity index (χ1) is 9.01. The van der Waals surface area contributed by atoms with Gasteiger partial charge < -0.3 is 5.32 Å². The van der Waals surface area contributed by atoms with Gasteiger partial charge in [-0.15, -0.1) is 0 Å². The van der Waals surface area contributed by atoms with Gasteiger partial charge in [0.1, 0.15) is 0 Å². The zero-order valence-electron chi connectivity index (χ0n) is 11.0. The summed E-state index contributed by atoms with van der Waals surface area (Å²) in [6.45, 7) is 2.83. The number of alkyl halides is 3. The number of benzene rings is 1. The van der Waals surface area contributed by atoms with Crippen LogP contribution in [-0.4, -0.2) is 30.7 Å². The topological polar surface area (TPSA) is 15.3 Å². The summed E-state index contributed by atoms with van der Waals surface area (Å²) in [6.07, 6.45) is -3.43. The molecule has 5 heteroatoms. The van der Waals surface area contributed by atoms with Gasteiger partial charge in [-0.1, -0.05) is 31.2 Å². The Morgan fingerprint density at radius 2 is 2.05 bits per heavy atom. The molecule has 1 heterocycles. The fourth-order valence-electron chi connectivity index (χ4n) is 2.66. The average molecular weight is 272 g/mol. The zero-order valence-corrected chi connectivity index (χ0v) is 11.0. The summed E-state index contributed by atoms with van der Waals surface area (Å²) in [5.74, 6) is 0. The second kappa shape index (κ2) is 5.92. The highest BCUT2D eigenvalue weighted by Crippen LogP contribution is 2.30. The Bertz CT molecular complexity index is 417. The van der Waals surface area contributed by atoms with Gasteiger partial charge in [0, 0.05) is 19.1 Å². The number of fused-ring (bicyclic) bond motifs is 1. The van der Waals surface area contributed by atoms with Gasteiger partial charge in [-0.25, -0.2) is 0 Å². The third-order valence-corrected chi connectivity index (χ3v) is 3.40. The van der Waals surface area contributed by atoms with E-state index < -0.39 is 12.7 Å². The molecule has 0 saturated carbocycles. The summed E-state index contributed by atoms with van der Waals surface area (Å²) in [6, 6.07) is 7.56. The Morgan fingerprint density at radius 1 is 1.32 bits per heavy atom. The van der Waals surface area contributed by atoms with Crippen LogP contribution in [0.5, 0.6) is 0 Å². The summed E-state index contributed by atoms with van der Waals surface area (Å²) in [5, 5.41) is 3.21. The van der Waals surface area contributed by atoms with E-state index in [1.807, 2.05) is 31.2 Å². The van der Waals surface area contributed by atoms with E-state index in [1.165, 1.54) is 4.90 Å². The first-order valence-electron chi connectivity index (χ1n) is 6.60. The van der Waals surface area contributed by atoms with E-state index in [0.29, 0.717) is 13.1 Å². The van der Waals surface area contributed by atoms with Gasteiger partial charge >= 0.3 is 6.18 Å². The van der Waals surface area contributed by atoms with Crippen molar-refractivity contribution in [2.24, 2.45) is 0 Å². The van der Waals surface area contributed by atoms with E-state index in [0.717, 1.165) is 24.1 Å². The molecular formula is C14H19F3N2. The van der Waals surface area contributed by atoms with E-state index in [4.69, 9.17) is 0 Å². The molecule has 1 atom stereocenters. The van der Waals surface area contributed by atoms with Crippen LogP contribution in [0.15, 0.2) is 24.3 Å². The van der Waals surface area contributed by atoms with Crippen LogP contribution in [0.25, 0.3) is 0 Å². The predicted octanol–water partition coefficient (Wildman–Crippen LogP) is 3.11. The second-order valence-corrected chi connectivity index (χ2v) is 4.93. The molecule has 0 bridgehead atoms. The zero-order chi connectivity index (χ0) is 13.9. The minimum atomic E-state index is -4.15. The van der Waals surface area contributed by atoms with Gasteiger partial charge in [0.15, 0.2) is 0 Å². The Kier molecular flexibility index (Phi) is 4.47. The Labute approximate surface area is 111 Å². The van der Waals surface area contributed by atoms with Gasteiger partial charge in [0.2, 0.25) is 0 Å². The third-order valence-electron chi connectivity index (χ3n) is 3.40. The van der Waals surface area contributed by atoms with Crippen LogP contribution >= 0.6 is 0 Å². The van der Waals surface area contributed by atoms with Crippen molar-refractivity contribution in [3.05, 3.63) is 35.4 Å². The molecule has 0 amide bonds. The number of nitrogens with zero attached hydrogens (tertiary/aromatic N) is 1. The maximum absolute atomic E-state index is 12.7. The van der Waals surface area contributed by atoms with Crippen molar-refractivity contribution in [3.63, 3.8) is 0 Å². The lowest BCUT2D eigenvalue weighted by Gasteiger charge is -2.36. The smallest absolute Gasteiger partial charge is 0.311 e. The summed E-state index contributed by atoms with van der Waals surface area (Å²) in [5.41, 5.74) is 2.13. The molecule has 1 N–H and O–H groups in total. The predicted molar refractivity (Wildman–Crippen MR) is 68.8 cm³/mol. The molecular weight excluding hydrogens is 253 g/mol. The minimum Gasteiger partial charge on any atom is -0.311 e. The van der Waals surface area contributed by atoms with Crippen molar-refractivity contribution >= 4 is 0 Å². The molecule has 0 aliphatic carbocycles. The molecule has 0 aromatic heterocycles. The molecule has 2 rings (SSSR count). The molecule has 0 saturated heterocycles. The van der Waals surface area contributed by atoms with Crippen LogP contribution in [0.1, 0.15) is 30.5 Å². The van der Waals surface area contributed by atoms with Gasteiger partial charge in [-0.3, -0.25) is 4.90 Å². The van der Waals surface area contributed by atoms with Gasteiger partial charge in [-0.2, -0.15) is 13.2 Å². The molecule has 1 aliphatic heterocycles. The van der Waals surface area contributed by atoms with Crippen molar-refractivity contribution in [2.45, 2.75) is 32.1 Å². The van der Waals surface area contributed by atoms with Gasteiger partial charge in [0.05, 0.1) is 6.54 Å². The summed E-state index contributed by atoms with van der Waals surface area (Å²) in [4.78, 5) is 1.53. The molecule has 0 spiro atoms. The van der Waals surface area contributed by atoms with Crippen LogP contribution in [0.4, 0.5) is 13.2 Å².